The fourth-order valence-electron chi connectivity index (χ4n) is 4.64. The number of rotatable bonds is 3. The largest absolute Gasteiger partial charge is 0.478 e. The fourth-order valence-corrected chi connectivity index (χ4v) is 4.64. The van der Waals surface area contributed by atoms with Crippen molar-refractivity contribution in [2.45, 2.75) is 25.8 Å². The van der Waals surface area contributed by atoms with Crippen molar-refractivity contribution >= 4 is 33.5 Å². The number of halogens is 1. The minimum atomic E-state index is -0.911. The maximum absolute atomic E-state index is 13.3. The van der Waals surface area contributed by atoms with Crippen LogP contribution < -0.4 is 4.90 Å². The number of aromatic carboxylic acids is 1. The van der Waals surface area contributed by atoms with Crippen LogP contribution in [-0.2, 0) is 0 Å². The number of nitrogens with zero attached hydrogens (tertiary/aromatic N) is 3. The molecule has 180 valence electrons. The molecule has 36 heavy (non-hydrogen) atoms. The van der Waals surface area contributed by atoms with Crippen molar-refractivity contribution in [3.8, 4) is 11.3 Å². The molecule has 0 aliphatic carbocycles. The van der Waals surface area contributed by atoms with E-state index in [0.717, 1.165) is 45.3 Å². The Morgan fingerprint density at radius 3 is 2.44 bits per heavy atom. The summed E-state index contributed by atoms with van der Waals surface area (Å²) >= 11 is 0. The predicted octanol–water partition coefficient (Wildman–Crippen LogP) is 6.96. The molecule has 5 nitrogen and oxygen atoms in total. The van der Waals surface area contributed by atoms with Gasteiger partial charge in [0.05, 0.1) is 28.0 Å². The van der Waals surface area contributed by atoms with Gasteiger partial charge >= 0.3 is 5.97 Å². The average molecular weight is 480 g/mol. The van der Waals surface area contributed by atoms with Gasteiger partial charge in [0, 0.05) is 35.1 Å². The Bertz CT molecular complexity index is 1540. The molecule has 3 aromatic carbocycles. The SMILES string of the molecule is CC1CCCN1c1cc2ccccc2nc1-c1ccc(F)cc1.O=C(O)c1ccc2ncccc2c1. The van der Waals surface area contributed by atoms with Crippen LogP contribution in [0, 0.1) is 5.82 Å². The van der Waals surface area contributed by atoms with Crippen LogP contribution in [0.3, 0.4) is 0 Å². The Morgan fingerprint density at radius 1 is 0.944 bits per heavy atom. The minimum Gasteiger partial charge on any atom is -0.478 e. The quantitative estimate of drug-likeness (QED) is 0.303. The van der Waals surface area contributed by atoms with E-state index in [1.807, 2.05) is 36.4 Å². The molecule has 1 fully saturated rings. The van der Waals surface area contributed by atoms with Crippen LogP contribution in [0.5, 0.6) is 0 Å². The lowest BCUT2D eigenvalue weighted by atomic mass is 10.1. The second-order valence-electron chi connectivity index (χ2n) is 8.96. The Kier molecular flexibility index (Phi) is 6.58. The summed E-state index contributed by atoms with van der Waals surface area (Å²) in [7, 11) is 0. The number of para-hydroxylation sites is 1. The molecule has 1 aliphatic heterocycles. The molecule has 0 spiro atoms. The second-order valence-corrected chi connectivity index (χ2v) is 8.96. The molecule has 1 N–H and O–H groups in total. The van der Waals surface area contributed by atoms with E-state index in [0.29, 0.717) is 11.6 Å². The maximum Gasteiger partial charge on any atom is 0.335 e. The van der Waals surface area contributed by atoms with E-state index < -0.39 is 5.97 Å². The van der Waals surface area contributed by atoms with Gasteiger partial charge in [-0.1, -0.05) is 24.3 Å². The van der Waals surface area contributed by atoms with E-state index in [1.165, 1.54) is 25.0 Å². The summed E-state index contributed by atoms with van der Waals surface area (Å²) in [5, 5.41) is 10.7. The van der Waals surface area contributed by atoms with E-state index in [1.54, 1.807) is 30.5 Å². The molecule has 0 saturated carbocycles. The Hall–Kier alpha value is -4.32. The van der Waals surface area contributed by atoms with Crippen LogP contribution in [-0.4, -0.2) is 33.6 Å². The molecular formula is C30H26FN3O2. The molecule has 1 saturated heterocycles. The van der Waals surface area contributed by atoms with Crippen LogP contribution in [0.2, 0.25) is 0 Å². The lowest BCUT2D eigenvalue weighted by Gasteiger charge is -2.26. The van der Waals surface area contributed by atoms with Crippen molar-refractivity contribution < 1.29 is 14.3 Å². The van der Waals surface area contributed by atoms with Gasteiger partial charge in [-0.05, 0) is 80.4 Å². The van der Waals surface area contributed by atoms with Gasteiger partial charge in [-0.25, -0.2) is 14.2 Å². The van der Waals surface area contributed by atoms with Gasteiger partial charge in [-0.15, -0.1) is 0 Å². The summed E-state index contributed by atoms with van der Waals surface area (Å²) in [6.07, 6.45) is 4.09. The highest BCUT2D eigenvalue weighted by Gasteiger charge is 2.24. The van der Waals surface area contributed by atoms with Crippen molar-refractivity contribution in [1.29, 1.82) is 0 Å². The molecular weight excluding hydrogens is 453 g/mol. The highest BCUT2D eigenvalue weighted by molar-refractivity contribution is 5.93. The summed E-state index contributed by atoms with van der Waals surface area (Å²) in [5.74, 6) is -1.13. The van der Waals surface area contributed by atoms with E-state index in [2.05, 4.69) is 28.9 Å². The molecule has 6 heteroatoms. The normalized spacial score (nSPS) is 15.1. The third kappa shape index (κ3) is 4.89. The van der Waals surface area contributed by atoms with Crippen molar-refractivity contribution in [3.05, 3.63) is 103 Å². The van der Waals surface area contributed by atoms with Crippen LogP contribution in [0.25, 0.3) is 33.1 Å². The standard InChI is InChI=1S/C20H19FN2.C10H7NO2/c1-14-5-4-12-23(14)19-13-16-6-2-3-7-18(16)22-20(19)15-8-10-17(21)11-9-15;12-10(13)8-3-4-9-7(6-8)2-1-5-11-9/h2-3,6-11,13-14H,4-5,12H2,1H3;1-6H,(H,12,13). The molecule has 0 radical (unpaired) electrons. The van der Waals surface area contributed by atoms with E-state index in [9.17, 15) is 9.18 Å². The summed E-state index contributed by atoms with van der Waals surface area (Å²) in [6.45, 7) is 3.31. The first-order valence-corrected chi connectivity index (χ1v) is 12.0. The lowest BCUT2D eigenvalue weighted by Crippen LogP contribution is -2.27. The van der Waals surface area contributed by atoms with Crippen molar-refractivity contribution in [2.24, 2.45) is 0 Å². The smallest absolute Gasteiger partial charge is 0.335 e. The first kappa shape index (κ1) is 23.4. The number of fused-ring (bicyclic) bond motifs is 2. The van der Waals surface area contributed by atoms with E-state index in [-0.39, 0.29) is 5.82 Å². The number of carbonyl (C=O) groups is 1. The average Bonchev–Trinajstić information content (AvgIpc) is 3.34. The van der Waals surface area contributed by atoms with Crippen molar-refractivity contribution in [3.63, 3.8) is 0 Å². The number of pyridine rings is 2. The molecule has 1 aliphatic rings. The zero-order chi connectivity index (χ0) is 25.1. The van der Waals surface area contributed by atoms with Gasteiger partial charge in [0.25, 0.3) is 0 Å². The molecule has 6 rings (SSSR count). The molecule has 0 bridgehead atoms. The van der Waals surface area contributed by atoms with E-state index >= 15 is 0 Å². The van der Waals surface area contributed by atoms with Gasteiger partial charge in [-0.3, -0.25) is 4.98 Å². The van der Waals surface area contributed by atoms with Crippen LogP contribution in [0.1, 0.15) is 30.1 Å². The third-order valence-electron chi connectivity index (χ3n) is 6.53. The first-order valence-electron chi connectivity index (χ1n) is 12.0. The fraction of sp³-hybridized carbons (Fsp3) is 0.167. The summed E-state index contributed by atoms with van der Waals surface area (Å²) < 4.78 is 13.3. The number of benzene rings is 3. The van der Waals surface area contributed by atoms with Gasteiger partial charge in [0.15, 0.2) is 0 Å². The molecule has 1 unspecified atom stereocenters. The highest BCUT2D eigenvalue weighted by Crippen LogP contribution is 2.36. The number of hydrogen-bond donors (Lipinski definition) is 1. The number of carboxylic acids is 1. The first-order chi connectivity index (χ1) is 17.5. The number of aromatic nitrogens is 2. The van der Waals surface area contributed by atoms with Crippen LogP contribution in [0.15, 0.2) is 91.1 Å². The predicted molar refractivity (Wildman–Crippen MR) is 142 cm³/mol. The van der Waals surface area contributed by atoms with Crippen molar-refractivity contribution in [2.75, 3.05) is 11.4 Å². The molecule has 0 amide bonds. The van der Waals surface area contributed by atoms with Gasteiger partial charge in [0.2, 0.25) is 0 Å². The molecule has 3 heterocycles. The second kappa shape index (κ2) is 10.1. The molecule has 5 aromatic rings. The lowest BCUT2D eigenvalue weighted by molar-refractivity contribution is 0.0697. The number of anilines is 1. The molecule has 1 atom stereocenters. The highest BCUT2D eigenvalue weighted by atomic mass is 19.1. The summed E-state index contributed by atoms with van der Waals surface area (Å²) in [4.78, 5) is 22.0. The minimum absolute atomic E-state index is 0.217. The van der Waals surface area contributed by atoms with Crippen molar-refractivity contribution in [1.82, 2.24) is 9.97 Å². The maximum atomic E-state index is 13.3. The monoisotopic (exact) mass is 479 g/mol. The Balaban J connectivity index is 0.000000174. The topological polar surface area (TPSA) is 66.3 Å². The summed E-state index contributed by atoms with van der Waals surface area (Å²) in [5.41, 5.74) is 5.14. The Labute approximate surface area is 208 Å². The third-order valence-corrected chi connectivity index (χ3v) is 6.53. The molecule has 2 aromatic heterocycles. The van der Waals surface area contributed by atoms with E-state index in [4.69, 9.17) is 10.1 Å². The number of carboxylic acid groups (broad SMARTS) is 1. The van der Waals surface area contributed by atoms with Gasteiger partial charge in [-0.2, -0.15) is 0 Å². The zero-order valence-electron chi connectivity index (χ0n) is 19.9. The van der Waals surface area contributed by atoms with Crippen LogP contribution in [0.4, 0.5) is 10.1 Å². The Morgan fingerprint density at radius 2 is 1.69 bits per heavy atom. The van der Waals surface area contributed by atoms with Gasteiger partial charge < -0.3 is 10.0 Å². The van der Waals surface area contributed by atoms with Gasteiger partial charge in [0.1, 0.15) is 5.82 Å². The summed E-state index contributed by atoms with van der Waals surface area (Å²) in [6, 6.07) is 26.0. The number of hydrogen-bond acceptors (Lipinski definition) is 4. The van der Waals surface area contributed by atoms with Crippen LogP contribution >= 0.6 is 0 Å². The zero-order valence-corrected chi connectivity index (χ0v) is 19.9.